The standard InChI is InChI=1S/C31H64N2/c1-3-5-7-8-9-10-11-12-13-14-15-17-25-33(30-22-23-31-33)27-19-16-18-26-32(24-6-4-2)28-20-21-29-32/h3-31H2,1-2H3/q+2. The van der Waals surface area contributed by atoms with Crippen molar-refractivity contribution in [2.75, 3.05) is 52.4 Å². The van der Waals surface area contributed by atoms with E-state index in [9.17, 15) is 0 Å². The lowest BCUT2D eigenvalue weighted by molar-refractivity contribution is -0.919. The van der Waals surface area contributed by atoms with Crippen LogP contribution in [0.25, 0.3) is 0 Å². The number of quaternary nitrogens is 2. The van der Waals surface area contributed by atoms with Gasteiger partial charge in [-0.25, -0.2) is 0 Å². The number of hydrogen-bond acceptors (Lipinski definition) is 0. The highest BCUT2D eigenvalue weighted by atomic mass is 15.4. The minimum absolute atomic E-state index is 1.37. The van der Waals surface area contributed by atoms with Crippen molar-refractivity contribution in [1.29, 1.82) is 0 Å². The Morgan fingerprint density at radius 3 is 0.970 bits per heavy atom. The van der Waals surface area contributed by atoms with Crippen LogP contribution in [0.2, 0.25) is 0 Å². The van der Waals surface area contributed by atoms with Gasteiger partial charge in [-0.3, -0.25) is 0 Å². The van der Waals surface area contributed by atoms with E-state index in [1.807, 2.05) is 0 Å². The molecule has 0 aromatic carbocycles. The van der Waals surface area contributed by atoms with Crippen LogP contribution in [-0.4, -0.2) is 61.3 Å². The fourth-order valence-corrected chi connectivity index (χ4v) is 6.98. The van der Waals surface area contributed by atoms with E-state index in [1.165, 1.54) is 196 Å². The number of rotatable bonds is 22. The predicted octanol–water partition coefficient (Wildman–Crippen LogP) is 8.88. The Kier molecular flexibility index (Phi) is 16.1. The molecule has 2 nitrogen and oxygen atoms in total. The monoisotopic (exact) mass is 465 g/mol. The minimum atomic E-state index is 1.37. The van der Waals surface area contributed by atoms with Gasteiger partial charge in [0, 0.05) is 25.7 Å². The molecule has 0 N–H and O–H groups in total. The smallest absolute Gasteiger partial charge is 0.0788 e. The Morgan fingerprint density at radius 2 is 0.606 bits per heavy atom. The van der Waals surface area contributed by atoms with Crippen molar-refractivity contribution >= 4 is 0 Å². The topological polar surface area (TPSA) is 0 Å². The minimum Gasteiger partial charge on any atom is -0.324 e. The molecule has 0 amide bonds. The maximum Gasteiger partial charge on any atom is 0.0788 e. The molecule has 2 heteroatoms. The zero-order chi connectivity index (χ0) is 23.5. The number of nitrogens with zero attached hydrogens (tertiary/aromatic N) is 2. The molecule has 196 valence electrons. The summed E-state index contributed by atoms with van der Waals surface area (Å²) in [5.74, 6) is 0. The average molecular weight is 465 g/mol. The molecule has 0 radical (unpaired) electrons. The molecular formula is C31H64N2+2. The third-order valence-corrected chi connectivity index (χ3v) is 9.27. The zero-order valence-electron chi connectivity index (χ0n) is 23.4. The molecule has 0 saturated carbocycles. The van der Waals surface area contributed by atoms with Gasteiger partial charge in [-0.15, -0.1) is 0 Å². The highest BCUT2D eigenvalue weighted by Crippen LogP contribution is 2.25. The van der Waals surface area contributed by atoms with E-state index in [2.05, 4.69) is 13.8 Å². The summed E-state index contributed by atoms with van der Waals surface area (Å²) < 4.78 is 2.97. The molecule has 33 heavy (non-hydrogen) atoms. The average Bonchev–Trinajstić information content (AvgIpc) is 3.49. The normalized spacial score (nSPS) is 19.5. The zero-order valence-corrected chi connectivity index (χ0v) is 23.4. The van der Waals surface area contributed by atoms with Crippen LogP contribution in [0.3, 0.4) is 0 Å². The summed E-state index contributed by atoms with van der Waals surface area (Å²) >= 11 is 0. The van der Waals surface area contributed by atoms with Gasteiger partial charge >= 0.3 is 0 Å². The molecule has 0 atom stereocenters. The van der Waals surface area contributed by atoms with Gasteiger partial charge in [0.15, 0.2) is 0 Å². The first kappa shape index (κ1) is 29.2. The van der Waals surface area contributed by atoms with Crippen LogP contribution >= 0.6 is 0 Å². The van der Waals surface area contributed by atoms with Crippen molar-refractivity contribution in [2.24, 2.45) is 0 Å². The molecule has 0 unspecified atom stereocenters. The predicted molar refractivity (Wildman–Crippen MR) is 148 cm³/mol. The third kappa shape index (κ3) is 12.4. The molecular weight excluding hydrogens is 400 g/mol. The van der Waals surface area contributed by atoms with Crippen molar-refractivity contribution in [3.63, 3.8) is 0 Å². The van der Waals surface area contributed by atoms with Gasteiger partial charge in [0.1, 0.15) is 0 Å². The molecule has 2 aliphatic heterocycles. The van der Waals surface area contributed by atoms with E-state index >= 15 is 0 Å². The van der Waals surface area contributed by atoms with Crippen LogP contribution in [0.15, 0.2) is 0 Å². The highest BCUT2D eigenvalue weighted by Gasteiger charge is 2.32. The lowest BCUT2D eigenvalue weighted by Crippen LogP contribution is -2.47. The van der Waals surface area contributed by atoms with Crippen molar-refractivity contribution in [2.45, 2.75) is 149 Å². The van der Waals surface area contributed by atoms with Crippen molar-refractivity contribution in [1.82, 2.24) is 0 Å². The van der Waals surface area contributed by atoms with Crippen molar-refractivity contribution in [3.05, 3.63) is 0 Å². The van der Waals surface area contributed by atoms with Gasteiger partial charge in [0.2, 0.25) is 0 Å². The third-order valence-electron chi connectivity index (χ3n) is 9.27. The van der Waals surface area contributed by atoms with E-state index in [0.29, 0.717) is 0 Å². The molecule has 0 spiro atoms. The molecule has 2 rings (SSSR count). The second kappa shape index (κ2) is 18.2. The Balaban J connectivity index is 1.49. The summed E-state index contributed by atoms with van der Waals surface area (Å²) in [4.78, 5) is 0. The first-order valence-corrected chi connectivity index (χ1v) is 15.9. The van der Waals surface area contributed by atoms with E-state index < -0.39 is 0 Å². The first-order valence-electron chi connectivity index (χ1n) is 15.9. The SMILES string of the molecule is CCCCCCCCCCCCCC[N+]1(CCCCC[N+]2(CCCC)CCCC2)CCCC1. The largest absolute Gasteiger partial charge is 0.324 e. The molecule has 0 aromatic heterocycles. The maximum absolute atomic E-state index is 2.36. The van der Waals surface area contributed by atoms with E-state index in [4.69, 9.17) is 0 Å². The Hall–Kier alpha value is -0.0800. The van der Waals surface area contributed by atoms with Crippen LogP contribution in [-0.2, 0) is 0 Å². The molecule has 2 fully saturated rings. The van der Waals surface area contributed by atoms with Crippen molar-refractivity contribution in [3.8, 4) is 0 Å². The lowest BCUT2D eigenvalue weighted by atomic mass is 10.0. The fraction of sp³-hybridized carbons (Fsp3) is 1.00. The van der Waals surface area contributed by atoms with Gasteiger partial charge in [0.05, 0.1) is 52.4 Å². The van der Waals surface area contributed by atoms with Gasteiger partial charge < -0.3 is 8.97 Å². The molecule has 0 aromatic rings. The number of likely N-dealkylation sites (tertiary alicyclic amines) is 2. The molecule has 0 aliphatic carbocycles. The molecule has 2 aliphatic rings. The van der Waals surface area contributed by atoms with Crippen LogP contribution in [0.1, 0.15) is 149 Å². The molecule has 0 bridgehead atoms. The number of hydrogen-bond donors (Lipinski definition) is 0. The van der Waals surface area contributed by atoms with Crippen LogP contribution in [0.5, 0.6) is 0 Å². The van der Waals surface area contributed by atoms with Gasteiger partial charge in [-0.1, -0.05) is 84.5 Å². The summed E-state index contributed by atoms with van der Waals surface area (Å²) in [6.07, 6.45) is 31.0. The lowest BCUT2D eigenvalue weighted by Gasteiger charge is -2.36. The Labute approximate surface area is 210 Å². The summed E-state index contributed by atoms with van der Waals surface area (Å²) in [5.41, 5.74) is 0. The second-order valence-electron chi connectivity index (χ2n) is 12.2. The Morgan fingerprint density at radius 1 is 0.333 bits per heavy atom. The van der Waals surface area contributed by atoms with Crippen LogP contribution in [0.4, 0.5) is 0 Å². The first-order chi connectivity index (χ1) is 16.2. The fourth-order valence-electron chi connectivity index (χ4n) is 6.98. The highest BCUT2D eigenvalue weighted by molar-refractivity contribution is 4.59. The van der Waals surface area contributed by atoms with E-state index in [0.717, 1.165) is 0 Å². The van der Waals surface area contributed by atoms with E-state index in [1.54, 1.807) is 0 Å². The maximum atomic E-state index is 2.36. The van der Waals surface area contributed by atoms with Crippen LogP contribution in [0, 0.1) is 0 Å². The summed E-state index contributed by atoms with van der Waals surface area (Å²) in [6, 6.07) is 0. The molecule has 2 heterocycles. The van der Waals surface area contributed by atoms with Gasteiger partial charge in [-0.2, -0.15) is 0 Å². The van der Waals surface area contributed by atoms with Gasteiger partial charge in [-0.05, 0) is 38.5 Å². The Bertz CT molecular complexity index is 434. The number of unbranched alkanes of at least 4 members (excludes halogenated alkanes) is 14. The van der Waals surface area contributed by atoms with Crippen LogP contribution < -0.4 is 0 Å². The second-order valence-corrected chi connectivity index (χ2v) is 12.2. The van der Waals surface area contributed by atoms with E-state index in [-0.39, 0.29) is 0 Å². The quantitative estimate of drug-likeness (QED) is 0.111. The summed E-state index contributed by atoms with van der Waals surface area (Å²) in [5, 5.41) is 0. The summed E-state index contributed by atoms with van der Waals surface area (Å²) in [7, 11) is 0. The summed E-state index contributed by atoms with van der Waals surface area (Å²) in [6.45, 7) is 16.6. The van der Waals surface area contributed by atoms with Gasteiger partial charge in [0.25, 0.3) is 0 Å². The van der Waals surface area contributed by atoms with Crippen molar-refractivity contribution < 1.29 is 8.97 Å². The molecule has 2 saturated heterocycles.